The van der Waals surface area contributed by atoms with Crippen LogP contribution in [-0.4, -0.2) is 47.3 Å². The number of nitrogens with zero attached hydrogens (tertiary/aromatic N) is 5. The molecule has 2 aliphatic heterocycles. The minimum Gasteiger partial charge on any atom is -0.300 e. The zero-order valence-corrected chi connectivity index (χ0v) is 23.7. The molecule has 9 heteroatoms. The van der Waals surface area contributed by atoms with Gasteiger partial charge < -0.3 is 4.57 Å². The van der Waals surface area contributed by atoms with E-state index in [0.717, 1.165) is 35.7 Å². The maximum absolute atomic E-state index is 14.2. The van der Waals surface area contributed by atoms with Gasteiger partial charge >= 0.3 is 0 Å². The molecule has 7 atom stereocenters. The number of piperidine rings is 2. The summed E-state index contributed by atoms with van der Waals surface area (Å²) in [4.78, 5) is 36.6. The Morgan fingerprint density at radius 1 is 0.923 bits per heavy atom. The van der Waals surface area contributed by atoms with E-state index in [-0.39, 0.29) is 33.4 Å². The quantitative estimate of drug-likeness (QED) is 0.461. The van der Waals surface area contributed by atoms with Gasteiger partial charge in [-0.05, 0) is 94.0 Å². The molecule has 8 nitrogen and oxygen atoms in total. The molecular weight excluding hydrogens is 508 g/mol. The molecule has 0 spiro atoms. The zero-order valence-electron chi connectivity index (χ0n) is 22.9. The molecule has 7 rings (SSSR count). The molecule has 39 heavy (non-hydrogen) atoms. The first-order chi connectivity index (χ1) is 18.9. The largest absolute Gasteiger partial charge is 0.300 e. The van der Waals surface area contributed by atoms with Gasteiger partial charge in [-0.2, -0.15) is 9.78 Å². The van der Waals surface area contributed by atoms with Gasteiger partial charge in [0.05, 0.1) is 11.0 Å². The smallest absolute Gasteiger partial charge is 0.296 e. The van der Waals surface area contributed by atoms with E-state index in [1.54, 1.807) is 6.92 Å². The van der Waals surface area contributed by atoms with Crippen LogP contribution in [0.4, 0.5) is 0 Å². The molecule has 2 aliphatic carbocycles. The second-order valence-corrected chi connectivity index (χ2v) is 13.1. The molecular formula is C30H38N6O2S. The predicted molar refractivity (Wildman–Crippen MR) is 154 cm³/mol. The van der Waals surface area contributed by atoms with Gasteiger partial charge in [-0.3, -0.25) is 19.5 Å². The van der Waals surface area contributed by atoms with Crippen molar-refractivity contribution in [3.63, 3.8) is 0 Å². The van der Waals surface area contributed by atoms with Crippen LogP contribution < -0.4 is 11.1 Å². The molecule has 0 amide bonds. The third-order valence-electron chi connectivity index (χ3n) is 10.3. The summed E-state index contributed by atoms with van der Waals surface area (Å²) in [5.74, 6) is 2.58. The van der Waals surface area contributed by atoms with Crippen LogP contribution in [-0.2, 0) is 0 Å². The Bertz CT molecular complexity index is 1580. The summed E-state index contributed by atoms with van der Waals surface area (Å²) < 4.78 is 3.39. The Morgan fingerprint density at radius 2 is 1.69 bits per heavy atom. The molecule has 2 saturated heterocycles. The lowest BCUT2D eigenvalue weighted by Crippen LogP contribution is -2.61. The third-order valence-corrected chi connectivity index (χ3v) is 10.6. The molecule has 206 valence electrons. The first kappa shape index (κ1) is 25.3. The lowest BCUT2D eigenvalue weighted by molar-refractivity contribution is -0.0693. The van der Waals surface area contributed by atoms with Gasteiger partial charge in [-0.15, -0.1) is 0 Å². The van der Waals surface area contributed by atoms with Crippen LogP contribution in [0.3, 0.4) is 0 Å². The van der Waals surface area contributed by atoms with Crippen molar-refractivity contribution in [1.82, 2.24) is 29.2 Å². The van der Waals surface area contributed by atoms with E-state index in [9.17, 15) is 9.59 Å². The molecule has 2 saturated carbocycles. The molecule has 4 fully saturated rings. The second-order valence-electron chi connectivity index (χ2n) is 12.7. The average molecular weight is 547 g/mol. The lowest BCUT2D eigenvalue weighted by atomic mass is 9.67. The molecule has 4 aliphatic rings. The standard InChI is InChI=1S/C30H38N6O2S/c1-17-10-11-21-15-23(16-26(17)34(21)22-13-19-6-5-7-20(12-19)14-22)35-25-9-4-3-8-24(25)31-27(29(35)38)36-30(39)32-28(37)18(2)33-36/h3-4,8-9,17,19-23,26H,5-7,10-16H2,1-2H3,(H,32,37,39)/t17-,19-,20+,21+,22?,23-,26+/m1/s1. The number of para-hydroxylation sites is 2. The van der Waals surface area contributed by atoms with E-state index in [1.807, 2.05) is 28.8 Å². The summed E-state index contributed by atoms with van der Waals surface area (Å²) in [6.07, 6.45) is 12.8. The molecule has 2 aromatic heterocycles. The minimum absolute atomic E-state index is 0.0827. The Hall–Kier alpha value is -2.65. The van der Waals surface area contributed by atoms with Crippen LogP contribution in [0.25, 0.3) is 16.9 Å². The van der Waals surface area contributed by atoms with E-state index in [0.29, 0.717) is 24.0 Å². The van der Waals surface area contributed by atoms with Gasteiger partial charge in [0.2, 0.25) is 10.6 Å². The summed E-state index contributed by atoms with van der Waals surface area (Å²) >= 11 is 5.42. The normalized spacial score (nSPS) is 32.8. The fourth-order valence-corrected chi connectivity index (χ4v) is 8.85. The Morgan fingerprint density at radius 3 is 2.49 bits per heavy atom. The van der Waals surface area contributed by atoms with E-state index >= 15 is 0 Å². The monoisotopic (exact) mass is 546 g/mol. The van der Waals surface area contributed by atoms with Gasteiger partial charge in [0.1, 0.15) is 5.69 Å². The van der Waals surface area contributed by atoms with Crippen molar-refractivity contribution in [3.05, 3.63) is 55.4 Å². The van der Waals surface area contributed by atoms with Gasteiger partial charge in [-0.1, -0.05) is 38.3 Å². The number of benzene rings is 1. The number of nitrogens with one attached hydrogen (secondary N) is 1. The maximum atomic E-state index is 14.2. The van der Waals surface area contributed by atoms with E-state index in [4.69, 9.17) is 17.2 Å². The molecule has 3 aromatic rings. The van der Waals surface area contributed by atoms with Crippen molar-refractivity contribution in [3.8, 4) is 5.82 Å². The van der Waals surface area contributed by atoms with E-state index < -0.39 is 0 Å². The lowest BCUT2D eigenvalue weighted by Gasteiger charge is -2.57. The highest BCUT2D eigenvalue weighted by atomic mass is 32.1. The minimum atomic E-state index is -0.349. The van der Waals surface area contributed by atoms with Crippen LogP contribution in [0, 0.1) is 29.4 Å². The Labute approximate surface area is 233 Å². The van der Waals surface area contributed by atoms with Crippen molar-refractivity contribution < 1.29 is 0 Å². The molecule has 4 heterocycles. The van der Waals surface area contributed by atoms with Gasteiger partial charge in [0.15, 0.2) is 0 Å². The zero-order chi connectivity index (χ0) is 26.8. The number of hydrogen-bond acceptors (Lipinski definition) is 6. The van der Waals surface area contributed by atoms with Gasteiger partial charge in [0, 0.05) is 24.2 Å². The highest BCUT2D eigenvalue weighted by molar-refractivity contribution is 7.71. The maximum Gasteiger partial charge on any atom is 0.296 e. The first-order valence-electron chi connectivity index (χ1n) is 14.9. The first-order valence-corrected chi connectivity index (χ1v) is 15.3. The Kier molecular flexibility index (Phi) is 6.34. The van der Waals surface area contributed by atoms with E-state index in [2.05, 4.69) is 21.9 Å². The van der Waals surface area contributed by atoms with Crippen molar-refractivity contribution in [2.45, 2.75) is 102 Å². The molecule has 1 aromatic carbocycles. The topological polar surface area (TPSA) is 88.8 Å². The second kappa shape index (κ2) is 9.77. The molecule has 1 unspecified atom stereocenters. The summed E-state index contributed by atoms with van der Waals surface area (Å²) in [6, 6.07) is 9.64. The fraction of sp³-hybridized carbons (Fsp3) is 0.633. The molecule has 1 N–H and O–H groups in total. The van der Waals surface area contributed by atoms with Crippen molar-refractivity contribution >= 4 is 23.3 Å². The number of aromatic amines is 1. The van der Waals surface area contributed by atoms with Crippen LogP contribution in [0.1, 0.15) is 82.9 Å². The number of H-pyrrole nitrogens is 1. The number of aryl methyl sites for hydroxylation is 1. The van der Waals surface area contributed by atoms with Crippen LogP contribution >= 0.6 is 12.2 Å². The van der Waals surface area contributed by atoms with Crippen molar-refractivity contribution in [2.75, 3.05) is 0 Å². The van der Waals surface area contributed by atoms with Crippen molar-refractivity contribution in [1.29, 1.82) is 0 Å². The highest BCUT2D eigenvalue weighted by Gasteiger charge is 2.47. The number of fused-ring (bicyclic) bond motifs is 5. The van der Waals surface area contributed by atoms with Crippen LogP contribution in [0.15, 0.2) is 33.9 Å². The van der Waals surface area contributed by atoms with Gasteiger partial charge in [0.25, 0.3) is 11.1 Å². The molecule has 4 bridgehead atoms. The third kappa shape index (κ3) is 4.32. The van der Waals surface area contributed by atoms with E-state index in [1.165, 1.54) is 56.0 Å². The average Bonchev–Trinajstić information content (AvgIpc) is 2.92. The SMILES string of the molecule is Cc1nn(-c2nc3ccccc3n([C@@H]3C[C@@H]4CC[C@@H](C)[C@H](C3)N4C3C[C@H]4CCC[C@@H](C3)C4)c2=O)c(=S)[nH]c1=O. The highest BCUT2D eigenvalue weighted by Crippen LogP contribution is 2.48. The van der Waals surface area contributed by atoms with Crippen LogP contribution in [0.5, 0.6) is 0 Å². The fourth-order valence-electron chi connectivity index (χ4n) is 8.63. The number of aromatic nitrogens is 5. The summed E-state index contributed by atoms with van der Waals surface area (Å²) in [5, 5.41) is 4.35. The predicted octanol–water partition coefficient (Wildman–Crippen LogP) is 5.08. The van der Waals surface area contributed by atoms with Crippen molar-refractivity contribution in [2.24, 2.45) is 17.8 Å². The summed E-state index contributed by atoms with van der Waals surface area (Å²) in [5.41, 5.74) is 1.30. The Balaban J connectivity index is 1.30. The number of rotatable bonds is 3. The summed E-state index contributed by atoms with van der Waals surface area (Å²) in [7, 11) is 0. The number of hydrogen-bond donors (Lipinski definition) is 1. The summed E-state index contributed by atoms with van der Waals surface area (Å²) in [6.45, 7) is 4.03. The molecule has 0 radical (unpaired) electrons. The van der Waals surface area contributed by atoms with Crippen LogP contribution in [0.2, 0.25) is 0 Å². The van der Waals surface area contributed by atoms with Gasteiger partial charge in [-0.25, -0.2) is 4.98 Å².